The lowest BCUT2D eigenvalue weighted by atomic mass is 10.1. The van der Waals surface area contributed by atoms with Gasteiger partial charge >= 0.3 is 0 Å². The molecular weight excluding hydrogens is 312 g/mol. The SMILES string of the molecule is CC(C)(O)Cn1c(Cc2ccccc2)nc2cnc3cccnc3c21. The number of imidazole rings is 1. The van der Waals surface area contributed by atoms with Gasteiger partial charge in [-0.25, -0.2) is 4.98 Å². The second-order valence-corrected chi connectivity index (χ2v) is 6.95. The third-order valence-electron chi connectivity index (χ3n) is 4.16. The number of rotatable bonds is 4. The molecule has 4 rings (SSSR count). The first-order valence-electron chi connectivity index (χ1n) is 8.36. The maximum Gasteiger partial charge on any atom is 0.115 e. The minimum atomic E-state index is -0.858. The van der Waals surface area contributed by atoms with Gasteiger partial charge in [-0.15, -0.1) is 0 Å². The van der Waals surface area contributed by atoms with E-state index in [1.54, 1.807) is 12.4 Å². The molecule has 0 bridgehead atoms. The Labute approximate surface area is 146 Å². The van der Waals surface area contributed by atoms with E-state index < -0.39 is 5.60 Å². The molecule has 0 radical (unpaired) electrons. The normalized spacial score (nSPS) is 12.1. The molecule has 0 saturated carbocycles. The molecule has 0 aliphatic heterocycles. The summed E-state index contributed by atoms with van der Waals surface area (Å²) in [6.07, 6.45) is 4.25. The van der Waals surface area contributed by atoms with Crippen molar-refractivity contribution in [3.8, 4) is 0 Å². The van der Waals surface area contributed by atoms with Crippen LogP contribution in [0.15, 0.2) is 54.9 Å². The standard InChI is InChI=1S/C20H20N4O/c1-20(2,25)13-24-17(11-14-7-4-3-5-8-14)23-16-12-22-15-9-6-10-21-18(15)19(16)24/h3-10,12,25H,11,13H2,1-2H3. The second-order valence-electron chi connectivity index (χ2n) is 6.95. The molecule has 1 aromatic carbocycles. The molecule has 0 aliphatic rings. The largest absolute Gasteiger partial charge is 0.389 e. The quantitative estimate of drug-likeness (QED) is 0.622. The van der Waals surface area contributed by atoms with Crippen LogP contribution in [0, 0.1) is 0 Å². The first kappa shape index (κ1) is 15.7. The van der Waals surface area contributed by atoms with E-state index >= 15 is 0 Å². The zero-order valence-corrected chi connectivity index (χ0v) is 14.3. The Kier molecular flexibility index (Phi) is 3.73. The van der Waals surface area contributed by atoms with Crippen molar-refractivity contribution in [2.75, 3.05) is 0 Å². The van der Waals surface area contributed by atoms with Crippen LogP contribution in [0.4, 0.5) is 0 Å². The molecule has 5 heteroatoms. The van der Waals surface area contributed by atoms with Gasteiger partial charge in [0.25, 0.3) is 0 Å². The molecule has 0 unspecified atom stereocenters. The topological polar surface area (TPSA) is 63.8 Å². The lowest BCUT2D eigenvalue weighted by molar-refractivity contribution is 0.0619. The fourth-order valence-corrected chi connectivity index (χ4v) is 3.14. The van der Waals surface area contributed by atoms with Gasteiger partial charge in [0, 0.05) is 12.6 Å². The predicted octanol–water partition coefficient (Wildman–Crippen LogP) is 3.34. The number of hydrogen-bond acceptors (Lipinski definition) is 4. The van der Waals surface area contributed by atoms with Crippen molar-refractivity contribution < 1.29 is 5.11 Å². The maximum atomic E-state index is 10.4. The molecule has 5 nitrogen and oxygen atoms in total. The summed E-state index contributed by atoms with van der Waals surface area (Å²) in [6, 6.07) is 14.0. The van der Waals surface area contributed by atoms with Crippen molar-refractivity contribution >= 4 is 22.1 Å². The van der Waals surface area contributed by atoms with Crippen LogP contribution in [0.1, 0.15) is 25.2 Å². The lowest BCUT2D eigenvalue weighted by Crippen LogP contribution is -2.27. The molecule has 3 heterocycles. The summed E-state index contributed by atoms with van der Waals surface area (Å²) in [5.41, 5.74) is 3.71. The molecular formula is C20H20N4O. The Hall–Kier alpha value is -2.79. The smallest absolute Gasteiger partial charge is 0.115 e. The number of hydrogen-bond donors (Lipinski definition) is 1. The highest BCUT2D eigenvalue weighted by Crippen LogP contribution is 2.26. The molecule has 0 spiro atoms. The molecule has 0 atom stereocenters. The molecule has 0 amide bonds. The van der Waals surface area contributed by atoms with Crippen LogP contribution in [0.5, 0.6) is 0 Å². The summed E-state index contributed by atoms with van der Waals surface area (Å²) in [5.74, 6) is 0.906. The van der Waals surface area contributed by atoms with Crippen molar-refractivity contribution in [2.45, 2.75) is 32.4 Å². The average Bonchev–Trinajstić information content (AvgIpc) is 2.92. The van der Waals surface area contributed by atoms with Crippen molar-refractivity contribution in [3.63, 3.8) is 0 Å². The molecule has 1 N–H and O–H groups in total. The van der Waals surface area contributed by atoms with Gasteiger partial charge in [0.2, 0.25) is 0 Å². The van der Waals surface area contributed by atoms with E-state index in [0.29, 0.717) is 13.0 Å². The van der Waals surface area contributed by atoms with Gasteiger partial charge < -0.3 is 9.67 Å². The molecule has 3 aromatic heterocycles. The van der Waals surface area contributed by atoms with E-state index in [1.165, 1.54) is 5.56 Å². The van der Waals surface area contributed by atoms with E-state index in [4.69, 9.17) is 4.98 Å². The molecule has 0 aliphatic carbocycles. The van der Waals surface area contributed by atoms with E-state index in [0.717, 1.165) is 27.9 Å². The summed E-state index contributed by atoms with van der Waals surface area (Å²) in [4.78, 5) is 13.8. The van der Waals surface area contributed by atoms with E-state index in [9.17, 15) is 5.11 Å². The highest BCUT2D eigenvalue weighted by molar-refractivity contribution is 5.99. The minimum Gasteiger partial charge on any atom is -0.389 e. The number of benzene rings is 1. The highest BCUT2D eigenvalue weighted by Gasteiger charge is 2.21. The van der Waals surface area contributed by atoms with Crippen LogP contribution < -0.4 is 0 Å². The van der Waals surface area contributed by atoms with Crippen LogP contribution in [0.3, 0.4) is 0 Å². The third-order valence-corrected chi connectivity index (χ3v) is 4.16. The summed E-state index contributed by atoms with van der Waals surface area (Å²) < 4.78 is 2.08. The van der Waals surface area contributed by atoms with Gasteiger partial charge in [-0.1, -0.05) is 30.3 Å². The van der Waals surface area contributed by atoms with Gasteiger partial charge in [-0.05, 0) is 31.5 Å². The summed E-state index contributed by atoms with van der Waals surface area (Å²) in [5, 5.41) is 10.4. The lowest BCUT2D eigenvalue weighted by Gasteiger charge is -2.20. The van der Waals surface area contributed by atoms with Crippen LogP contribution in [0.2, 0.25) is 0 Å². The zero-order chi connectivity index (χ0) is 17.4. The summed E-state index contributed by atoms with van der Waals surface area (Å²) in [6.45, 7) is 4.06. The Bertz CT molecular complexity index is 1030. The monoisotopic (exact) mass is 332 g/mol. The van der Waals surface area contributed by atoms with Crippen molar-refractivity contribution in [1.29, 1.82) is 0 Å². The third kappa shape index (κ3) is 3.10. The van der Waals surface area contributed by atoms with Gasteiger partial charge in [-0.3, -0.25) is 9.97 Å². The van der Waals surface area contributed by atoms with Gasteiger partial charge in [0.1, 0.15) is 16.9 Å². The van der Waals surface area contributed by atoms with Crippen LogP contribution >= 0.6 is 0 Å². The van der Waals surface area contributed by atoms with E-state index in [1.807, 2.05) is 44.2 Å². The van der Waals surface area contributed by atoms with Crippen molar-refractivity contribution in [2.24, 2.45) is 0 Å². The number of fused-ring (bicyclic) bond motifs is 3. The fraction of sp³-hybridized carbons (Fsp3) is 0.250. The second kappa shape index (κ2) is 5.93. The first-order chi connectivity index (χ1) is 12.0. The van der Waals surface area contributed by atoms with Crippen molar-refractivity contribution in [3.05, 3.63) is 66.2 Å². The van der Waals surface area contributed by atoms with Crippen molar-refractivity contribution in [1.82, 2.24) is 19.5 Å². The molecule has 4 aromatic rings. The molecule has 0 saturated heterocycles. The van der Waals surface area contributed by atoms with E-state index in [2.05, 4.69) is 26.7 Å². The number of aliphatic hydroxyl groups is 1. The average molecular weight is 332 g/mol. The number of pyridine rings is 2. The molecule has 126 valence electrons. The van der Waals surface area contributed by atoms with Crippen LogP contribution in [-0.4, -0.2) is 30.2 Å². The number of aromatic nitrogens is 4. The Balaban J connectivity index is 1.95. The first-order valence-corrected chi connectivity index (χ1v) is 8.36. The van der Waals surface area contributed by atoms with Gasteiger partial charge in [-0.2, -0.15) is 0 Å². The highest BCUT2D eigenvalue weighted by atomic mass is 16.3. The van der Waals surface area contributed by atoms with Crippen LogP contribution in [-0.2, 0) is 13.0 Å². The Morgan fingerprint density at radius 3 is 2.56 bits per heavy atom. The minimum absolute atomic E-state index is 0.446. The molecule has 0 fully saturated rings. The fourth-order valence-electron chi connectivity index (χ4n) is 3.14. The van der Waals surface area contributed by atoms with Gasteiger partial charge in [0.15, 0.2) is 0 Å². The predicted molar refractivity (Wildman–Crippen MR) is 98.4 cm³/mol. The van der Waals surface area contributed by atoms with E-state index in [-0.39, 0.29) is 0 Å². The van der Waals surface area contributed by atoms with Gasteiger partial charge in [0.05, 0.1) is 29.4 Å². The Morgan fingerprint density at radius 2 is 1.80 bits per heavy atom. The Morgan fingerprint density at radius 1 is 1.00 bits per heavy atom. The summed E-state index contributed by atoms with van der Waals surface area (Å²) >= 11 is 0. The summed E-state index contributed by atoms with van der Waals surface area (Å²) in [7, 11) is 0. The number of nitrogens with zero attached hydrogens (tertiary/aromatic N) is 4. The maximum absolute atomic E-state index is 10.4. The van der Waals surface area contributed by atoms with Crippen LogP contribution in [0.25, 0.3) is 22.1 Å². The zero-order valence-electron chi connectivity index (χ0n) is 14.3. The molecule has 25 heavy (non-hydrogen) atoms.